The molecule has 2 atom stereocenters. The Balaban J connectivity index is 2.36. The molecule has 3 amide bonds. The predicted molar refractivity (Wildman–Crippen MR) is 132 cm³/mol. The lowest BCUT2D eigenvalue weighted by molar-refractivity contribution is -0.143. The lowest BCUT2D eigenvalue weighted by Crippen LogP contribution is -2.52. The number of benzene rings is 2. The second-order valence-electron chi connectivity index (χ2n) is 9.13. The van der Waals surface area contributed by atoms with Crippen LogP contribution in [0, 0.1) is 0 Å². The summed E-state index contributed by atoms with van der Waals surface area (Å²) >= 11 is 0. The zero-order chi connectivity index (χ0) is 26.9. The molecule has 10 nitrogen and oxygen atoms in total. The molecule has 194 valence electrons. The van der Waals surface area contributed by atoms with Crippen molar-refractivity contribution < 1.29 is 33.8 Å². The van der Waals surface area contributed by atoms with E-state index in [-0.39, 0.29) is 18.7 Å². The Labute approximate surface area is 210 Å². The summed E-state index contributed by atoms with van der Waals surface area (Å²) in [7, 11) is 2.65. The number of nitrogens with zero attached hydrogens (tertiary/aromatic N) is 1. The van der Waals surface area contributed by atoms with Gasteiger partial charge in [-0.2, -0.15) is 0 Å². The third-order valence-electron chi connectivity index (χ3n) is 5.10. The summed E-state index contributed by atoms with van der Waals surface area (Å²) in [4.78, 5) is 52.1. The summed E-state index contributed by atoms with van der Waals surface area (Å²) < 4.78 is 9.91. The van der Waals surface area contributed by atoms with E-state index in [1.807, 2.05) is 0 Å². The van der Waals surface area contributed by atoms with E-state index in [1.54, 1.807) is 63.2 Å². The average molecular weight is 500 g/mol. The van der Waals surface area contributed by atoms with Crippen molar-refractivity contribution >= 4 is 23.9 Å². The Kier molecular flexibility index (Phi) is 9.83. The minimum absolute atomic E-state index is 0.0604. The Morgan fingerprint density at radius 1 is 1.00 bits per heavy atom. The molecule has 0 bridgehead atoms. The highest BCUT2D eigenvalue weighted by Gasteiger charge is 2.34. The maximum atomic E-state index is 13.7. The third kappa shape index (κ3) is 8.61. The lowest BCUT2D eigenvalue weighted by Gasteiger charge is -2.31. The van der Waals surface area contributed by atoms with E-state index in [1.165, 1.54) is 31.2 Å². The van der Waals surface area contributed by atoms with Crippen molar-refractivity contribution in [3.63, 3.8) is 0 Å². The van der Waals surface area contributed by atoms with Crippen molar-refractivity contribution in [1.82, 2.24) is 15.5 Å². The first-order chi connectivity index (χ1) is 16.9. The number of likely N-dealkylation sites (N-methyl/N-ethyl adjacent to an activating group) is 1. The van der Waals surface area contributed by atoms with Crippen LogP contribution >= 0.6 is 0 Å². The molecular formula is C26H33N3O7. The molecule has 0 heterocycles. The fraction of sp³-hybridized carbons (Fsp3) is 0.385. The van der Waals surface area contributed by atoms with Crippen LogP contribution in [0.5, 0.6) is 5.75 Å². The minimum Gasteiger partial charge on any atom is -0.508 e. The number of esters is 1. The van der Waals surface area contributed by atoms with E-state index in [4.69, 9.17) is 4.74 Å². The Hall–Kier alpha value is -4.08. The van der Waals surface area contributed by atoms with E-state index in [0.717, 1.165) is 0 Å². The molecule has 36 heavy (non-hydrogen) atoms. The van der Waals surface area contributed by atoms with Gasteiger partial charge >= 0.3 is 12.1 Å². The van der Waals surface area contributed by atoms with Gasteiger partial charge in [0.05, 0.1) is 7.11 Å². The molecule has 3 N–H and O–H groups in total. The number of methoxy groups -OCH3 is 1. The topological polar surface area (TPSA) is 134 Å². The monoisotopic (exact) mass is 499 g/mol. The largest absolute Gasteiger partial charge is 0.508 e. The number of aromatic hydroxyl groups is 1. The van der Waals surface area contributed by atoms with Crippen molar-refractivity contribution in [3.8, 4) is 5.75 Å². The van der Waals surface area contributed by atoms with Gasteiger partial charge in [-0.3, -0.25) is 14.4 Å². The van der Waals surface area contributed by atoms with Gasteiger partial charge in [-0.1, -0.05) is 42.5 Å². The number of rotatable bonds is 9. The summed E-state index contributed by atoms with van der Waals surface area (Å²) in [5.41, 5.74) is 0.390. The lowest BCUT2D eigenvalue weighted by atomic mass is 10.0. The summed E-state index contributed by atoms with van der Waals surface area (Å²) in [6, 6.07) is 12.6. The molecule has 0 aliphatic rings. The van der Waals surface area contributed by atoms with Gasteiger partial charge in [0.25, 0.3) is 0 Å². The molecule has 0 aromatic heterocycles. The molecule has 0 saturated carbocycles. The van der Waals surface area contributed by atoms with Gasteiger partial charge in [-0.15, -0.1) is 0 Å². The molecule has 2 aromatic rings. The van der Waals surface area contributed by atoms with Gasteiger partial charge in [0.1, 0.15) is 30.0 Å². The zero-order valence-electron chi connectivity index (χ0n) is 21.1. The normalized spacial score (nSPS) is 12.6. The number of phenolic OH excluding ortho intramolecular Hbond substituents is 1. The van der Waals surface area contributed by atoms with Crippen LogP contribution in [0.25, 0.3) is 0 Å². The summed E-state index contributed by atoms with van der Waals surface area (Å²) in [6.07, 6.45) is -0.715. The van der Waals surface area contributed by atoms with Crippen LogP contribution in [-0.4, -0.2) is 66.2 Å². The number of amides is 3. The number of hydrogen-bond donors (Lipinski definition) is 3. The van der Waals surface area contributed by atoms with Crippen LogP contribution in [0.2, 0.25) is 0 Å². The van der Waals surface area contributed by atoms with Gasteiger partial charge in [-0.05, 0) is 44.0 Å². The highest BCUT2D eigenvalue weighted by atomic mass is 16.6. The molecule has 10 heteroatoms. The SMILES string of the molecule is COC(=O)CNC(=O)C(c1ccccc1)N(C)C(=O)C(Cc1ccc(O)cc1)NC(=O)OC(C)(C)C. The summed E-state index contributed by atoms with van der Waals surface area (Å²) in [5.74, 6) is -1.73. The standard InChI is InChI=1S/C26H33N3O7/c1-26(2,3)36-25(34)28-20(15-17-11-13-19(30)14-12-17)24(33)29(4)22(18-9-7-6-8-10-18)23(32)27-16-21(31)35-5/h6-14,20,22,30H,15-16H2,1-5H3,(H,27,32)(H,28,34). The average Bonchev–Trinajstić information content (AvgIpc) is 2.82. The van der Waals surface area contributed by atoms with Gasteiger partial charge in [-0.25, -0.2) is 4.79 Å². The summed E-state index contributed by atoms with van der Waals surface area (Å²) in [6.45, 7) is 4.74. The van der Waals surface area contributed by atoms with Crippen molar-refractivity contribution in [2.75, 3.05) is 20.7 Å². The van der Waals surface area contributed by atoms with E-state index in [0.29, 0.717) is 11.1 Å². The second-order valence-corrected chi connectivity index (χ2v) is 9.13. The number of carbonyl (C=O) groups excluding carboxylic acids is 4. The number of nitrogens with one attached hydrogen (secondary N) is 2. The van der Waals surface area contributed by atoms with E-state index in [2.05, 4.69) is 15.4 Å². The van der Waals surface area contributed by atoms with Crippen molar-refractivity contribution in [2.45, 2.75) is 44.9 Å². The fourth-order valence-corrected chi connectivity index (χ4v) is 3.40. The smallest absolute Gasteiger partial charge is 0.408 e. The van der Waals surface area contributed by atoms with Crippen LogP contribution < -0.4 is 10.6 Å². The van der Waals surface area contributed by atoms with Crippen molar-refractivity contribution in [3.05, 3.63) is 65.7 Å². The van der Waals surface area contributed by atoms with Gasteiger partial charge in [0.15, 0.2) is 0 Å². The molecule has 0 fully saturated rings. The molecule has 2 aromatic carbocycles. The van der Waals surface area contributed by atoms with Crippen LogP contribution in [0.1, 0.15) is 37.9 Å². The van der Waals surface area contributed by atoms with Crippen molar-refractivity contribution in [1.29, 1.82) is 0 Å². The Bertz CT molecular complexity index is 1050. The number of phenols is 1. The second kappa shape index (κ2) is 12.6. The highest BCUT2D eigenvalue weighted by molar-refractivity contribution is 5.93. The summed E-state index contributed by atoms with van der Waals surface area (Å²) in [5, 5.41) is 14.7. The van der Waals surface area contributed by atoms with Crippen LogP contribution in [0.15, 0.2) is 54.6 Å². The van der Waals surface area contributed by atoms with E-state index >= 15 is 0 Å². The van der Waals surface area contributed by atoms with E-state index in [9.17, 15) is 24.3 Å². The number of carbonyl (C=O) groups is 4. The van der Waals surface area contributed by atoms with Crippen LogP contribution in [0.3, 0.4) is 0 Å². The number of hydrogen-bond acceptors (Lipinski definition) is 7. The van der Waals surface area contributed by atoms with Gasteiger partial charge in [0.2, 0.25) is 11.8 Å². The quantitative estimate of drug-likeness (QED) is 0.451. The maximum Gasteiger partial charge on any atom is 0.408 e. The van der Waals surface area contributed by atoms with Gasteiger partial charge < -0.3 is 30.1 Å². The minimum atomic E-state index is -1.09. The van der Waals surface area contributed by atoms with Crippen LogP contribution in [-0.2, 0) is 30.3 Å². The first-order valence-corrected chi connectivity index (χ1v) is 11.3. The number of alkyl carbamates (subject to hydrolysis) is 1. The molecule has 0 aliphatic carbocycles. The predicted octanol–water partition coefficient (Wildman–Crippen LogP) is 2.32. The molecule has 0 spiro atoms. The molecule has 0 aliphatic heterocycles. The molecule has 2 rings (SSSR count). The van der Waals surface area contributed by atoms with E-state index < -0.39 is 41.6 Å². The molecular weight excluding hydrogens is 466 g/mol. The Morgan fingerprint density at radius 2 is 1.61 bits per heavy atom. The first-order valence-electron chi connectivity index (χ1n) is 11.3. The zero-order valence-corrected chi connectivity index (χ0v) is 21.1. The molecule has 2 unspecified atom stereocenters. The maximum absolute atomic E-state index is 13.7. The third-order valence-corrected chi connectivity index (χ3v) is 5.10. The number of ether oxygens (including phenoxy) is 2. The fourth-order valence-electron chi connectivity index (χ4n) is 3.40. The first kappa shape index (κ1) is 28.2. The van der Waals surface area contributed by atoms with Crippen molar-refractivity contribution in [2.24, 2.45) is 0 Å². The molecule has 0 radical (unpaired) electrons. The van der Waals surface area contributed by atoms with Gasteiger partial charge in [0, 0.05) is 13.5 Å². The highest BCUT2D eigenvalue weighted by Crippen LogP contribution is 2.22. The Morgan fingerprint density at radius 3 is 2.17 bits per heavy atom. The molecule has 0 saturated heterocycles. The van der Waals surface area contributed by atoms with Crippen LogP contribution in [0.4, 0.5) is 4.79 Å².